The highest BCUT2D eigenvalue weighted by molar-refractivity contribution is 9.10. The van der Waals surface area contributed by atoms with Gasteiger partial charge in [-0.25, -0.2) is 0 Å². The lowest BCUT2D eigenvalue weighted by molar-refractivity contribution is 0.170. The van der Waals surface area contributed by atoms with Gasteiger partial charge < -0.3 is 9.47 Å². The molecule has 1 heterocycles. The van der Waals surface area contributed by atoms with Crippen molar-refractivity contribution in [2.75, 3.05) is 13.2 Å². The first kappa shape index (κ1) is 9.34. The minimum atomic E-state index is 0.630. The highest BCUT2D eigenvalue weighted by atomic mass is 79.9. The summed E-state index contributed by atoms with van der Waals surface area (Å²) in [6.45, 7) is 1.26. The summed E-state index contributed by atoms with van der Waals surface area (Å²) in [7, 11) is 0. The van der Waals surface area contributed by atoms with Crippen LogP contribution in [0, 0.1) is 0 Å². The van der Waals surface area contributed by atoms with Crippen molar-refractivity contribution in [1.29, 1.82) is 0 Å². The summed E-state index contributed by atoms with van der Waals surface area (Å²) in [4.78, 5) is 0. The molecule has 0 radical (unpaired) electrons. The molecule has 1 aliphatic rings. The molecule has 0 fully saturated rings. The molecule has 0 bridgehead atoms. The second-order valence-corrected chi connectivity index (χ2v) is 4.20. The summed E-state index contributed by atoms with van der Waals surface area (Å²) in [5.41, 5.74) is 1.11. The number of hydrogen-bond acceptors (Lipinski definition) is 2. The molecule has 2 rings (SSSR count). The van der Waals surface area contributed by atoms with Crippen LogP contribution < -0.4 is 9.47 Å². The second kappa shape index (κ2) is 3.88. The monoisotopic (exact) mass is 306 g/mol. The van der Waals surface area contributed by atoms with Gasteiger partial charge in [-0.1, -0.05) is 31.9 Å². The number of hydrogen-bond donors (Lipinski definition) is 0. The first-order valence-electron chi connectivity index (χ1n) is 3.95. The lowest BCUT2D eigenvalue weighted by Gasteiger charge is -2.20. The van der Waals surface area contributed by atoms with Gasteiger partial charge in [0.2, 0.25) is 0 Å². The number of fused-ring (bicyclic) bond motifs is 1. The Kier molecular flexibility index (Phi) is 2.79. The summed E-state index contributed by atoms with van der Waals surface area (Å²) >= 11 is 6.84. The molecule has 0 saturated carbocycles. The van der Waals surface area contributed by atoms with Crippen LogP contribution >= 0.6 is 31.9 Å². The van der Waals surface area contributed by atoms with Gasteiger partial charge in [0.15, 0.2) is 11.5 Å². The van der Waals surface area contributed by atoms with Crippen LogP contribution in [0.4, 0.5) is 0 Å². The topological polar surface area (TPSA) is 18.5 Å². The van der Waals surface area contributed by atoms with Gasteiger partial charge in [-0.2, -0.15) is 0 Å². The van der Waals surface area contributed by atoms with Gasteiger partial charge >= 0.3 is 0 Å². The van der Waals surface area contributed by atoms with E-state index in [1.54, 1.807) is 0 Å². The van der Waals surface area contributed by atoms with Crippen LogP contribution in [0.2, 0.25) is 0 Å². The molecule has 0 amide bonds. The molecular weight excluding hydrogens is 300 g/mol. The number of halogens is 2. The van der Waals surface area contributed by atoms with Gasteiger partial charge in [-0.05, 0) is 12.1 Å². The molecule has 2 nitrogen and oxygen atoms in total. The van der Waals surface area contributed by atoms with E-state index in [1.165, 1.54) is 0 Å². The van der Waals surface area contributed by atoms with Gasteiger partial charge in [-0.15, -0.1) is 0 Å². The third-order valence-electron chi connectivity index (χ3n) is 1.83. The van der Waals surface area contributed by atoms with Crippen LogP contribution in [0.5, 0.6) is 11.5 Å². The lowest BCUT2D eigenvalue weighted by atomic mass is 10.2. The van der Waals surface area contributed by atoms with Gasteiger partial charge in [0, 0.05) is 15.4 Å². The van der Waals surface area contributed by atoms with Crippen molar-refractivity contribution < 1.29 is 9.47 Å². The molecule has 0 saturated heterocycles. The Hall–Kier alpha value is -0.220. The van der Waals surface area contributed by atoms with E-state index in [2.05, 4.69) is 31.9 Å². The second-order valence-electron chi connectivity index (χ2n) is 2.72. The maximum Gasteiger partial charge on any atom is 0.165 e. The van der Waals surface area contributed by atoms with E-state index >= 15 is 0 Å². The molecule has 4 heteroatoms. The Balaban J connectivity index is 2.50. The van der Waals surface area contributed by atoms with Crippen molar-refractivity contribution in [2.45, 2.75) is 5.33 Å². The van der Waals surface area contributed by atoms with E-state index < -0.39 is 0 Å². The number of benzene rings is 1. The first-order valence-corrected chi connectivity index (χ1v) is 5.86. The normalized spacial score (nSPS) is 14.3. The smallest absolute Gasteiger partial charge is 0.165 e. The van der Waals surface area contributed by atoms with Crippen LogP contribution in [0.3, 0.4) is 0 Å². The van der Waals surface area contributed by atoms with Crippen molar-refractivity contribution in [3.8, 4) is 11.5 Å². The van der Waals surface area contributed by atoms with Crippen LogP contribution in [-0.4, -0.2) is 13.2 Å². The molecule has 0 spiro atoms. The minimum absolute atomic E-state index is 0.630. The highest BCUT2D eigenvalue weighted by Gasteiger charge is 2.16. The van der Waals surface area contributed by atoms with Crippen LogP contribution in [-0.2, 0) is 5.33 Å². The van der Waals surface area contributed by atoms with E-state index in [1.807, 2.05) is 12.1 Å². The molecular formula is C9H8Br2O2. The van der Waals surface area contributed by atoms with Gasteiger partial charge in [-0.3, -0.25) is 0 Å². The van der Waals surface area contributed by atoms with E-state index in [0.29, 0.717) is 13.2 Å². The van der Waals surface area contributed by atoms with Gasteiger partial charge in [0.25, 0.3) is 0 Å². The average Bonchev–Trinajstić information content (AvgIpc) is 2.16. The maximum atomic E-state index is 5.52. The first-order chi connectivity index (χ1) is 6.31. The Bertz CT molecular complexity index is 308. The zero-order chi connectivity index (χ0) is 9.26. The van der Waals surface area contributed by atoms with E-state index in [0.717, 1.165) is 26.9 Å². The Morgan fingerprint density at radius 1 is 1.23 bits per heavy atom. The number of rotatable bonds is 1. The van der Waals surface area contributed by atoms with Crippen molar-refractivity contribution in [2.24, 2.45) is 0 Å². The molecule has 70 valence electrons. The standard InChI is InChI=1S/C9H8Br2O2/c10-5-6-3-7(11)4-8-9(6)13-2-1-12-8/h3-4H,1-2,5H2. The van der Waals surface area contributed by atoms with E-state index in [-0.39, 0.29) is 0 Å². The molecule has 0 unspecified atom stereocenters. The Morgan fingerprint density at radius 2 is 2.00 bits per heavy atom. The summed E-state index contributed by atoms with van der Waals surface area (Å²) in [5.74, 6) is 1.70. The summed E-state index contributed by atoms with van der Waals surface area (Å²) < 4.78 is 12.0. The largest absolute Gasteiger partial charge is 0.486 e. The SMILES string of the molecule is BrCc1cc(Br)cc2c1OCCO2. The Morgan fingerprint density at radius 3 is 2.77 bits per heavy atom. The third kappa shape index (κ3) is 1.83. The van der Waals surface area contributed by atoms with Crippen LogP contribution in [0.15, 0.2) is 16.6 Å². The van der Waals surface area contributed by atoms with Crippen LogP contribution in [0.1, 0.15) is 5.56 Å². The fourth-order valence-corrected chi connectivity index (χ4v) is 2.19. The Labute approximate surface area is 93.5 Å². The molecule has 1 aromatic rings. The molecule has 1 aromatic carbocycles. The van der Waals surface area contributed by atoms with Gasteiger partial charge in [0.1, 0.15) is 13.2 Å². The zero-order valence-electron chi connectivity index (χ0n) is 6.85. The van der Waals surface area contributed by atoms with Crippen molar-refractivity contribution >= 4 is 31.9 Å². The number of ether oxygens (including phenoxy) is 2. The molecule has 1 aliphatic heterocycles. The quantitative estimate of drug-likeness (QED) is 0.742. The summed E-state index contributed by atoms with van der Waals surface area (Å²) in [6.07, 6.45) is 0. The van der Waals surface area contributed by atoms with Crippen molar-refractivity contribution in [3.05, 3.63) is 22.2 Å². The lowest BCUT2D eigenvalue weighted by Crippen LogP contribution is -2.16. The predicted octanol–water partition coefficient (Wildman–Crippen LogP) is 3.12. The fourth-order valence-electron chi connectivity index (χ4n) is 1.29. The highest BCUT2D eigenvalue weighted by Crippen LogP contribution is 2.37. The van der Waals surface area contributed by atoms with Crippen molar-refractivity contribution in [1.82, 2.24) is 0 Å². The van der Waals surface area contributed by atoms with Gasteiger partial charge in [0.05, 0.1) is 0 Å². The average molecular weight is 308 g/mol. The maximum absolute atomic E-state index is 5.52. The molecule has 0 N–H and O–H groups in total. The fraction of sp³-hybridized carbons (Fsp3) is 0.333. The van der Waals surface area contributed by atoms with Crippen LogP contribution in [0.25, 0.3) is 0 Å². The number of alkyl halides is 1. The predicted molar refractivity (Wildman–Crippen MR) is 57.8 cm³/mol. The zero-order valence-corrected chi connectivity index (χ0v) is 10.0. The minimum Gasteiger partial charge on any atom is -0.486 e. The third-order valence-corrected chi connectivity index (χ3v) is 2.89. The summed E-state index contributed by atoms with van der Waals surface area (Å²) in [5, 5.41) is 0.776. The van der Waals surface area contributed by atoms with E-state index in [9.17, 15) is 0 Å². The molecule has 0 aromatic heterocycles. The molecule has 0 atom stereocenters. The summed E-state index contributed by atoms with van der Waals surface area (Å²) in [6, 6.07) is 3.96. The molecule has 0 aliphatic carbocycles. The van der Waals surface area contributed by atoms with E-state index in [4.69, 9.17) is 9.47 Å². The molecule has 13 heavy (non-hydrogen) atoms. The van der Waals surface area contributed by atoms with Crippen molar-refractivity contribution in [3.63, 3.8) is 0 Å².